The first kappa shape index (κ1) is 19.4. The second-order valence-corrected chi connectivity index (χ2v) is 7.77. The zero-order valence-corrected chi connectivity index (χ0v) is 17.2. The highest BCUT2D eigenvalue weighted by molar-refractivity contribution is 5.69. The summed E-state index contributed by atoms with van der Waals surface area (Å²) in [6.07, 6.45) is 8.43. The second-order valence-electron chi connectivity index (χ2n) is 7.77. The first-order valence-electron chi connectivity index (χ1n) is 9.94. The average molecular weight is 389 g/mol. The van der Waals surface area contributed by atoms with Crippen molar-refractivity contribution in [1.29, 1.82) is 0 Å². The summed E-state index contributed by atoms with van der Waals surface area (Å²) in [6, 6.07) is 15.3. The van der Waals surface area contributed by atoms with Gasteiger partial charge in [0.15, 0.2) is 11.3 Å². The van der Waals surface area contributed by atoms with E-state index >= 15 is 0 Å². The number of hydrogen-bond donors (Lipinski definition) is 0. The number of fused-ring (bicyclic) bond motifs is 1. The predicted octanol–water partition coefficient (Wildman–Crippen LogP) is 4.69. The molecular weight excluding hydrogens is 363 g/mol. The molecule has 0 fully saturated rings. The van der Waals surface area contributed by atoms with Crippen LogP contribution in [0, 0.1) is 11.9 Å². The van der Waals surface area contributed by atoms with Crippen molar-refractivity contribution >= 4 is 5.69 Å². The van der Waals surface area contributed by atoms with Gasteiger partial charge in [0.25, 0.3) is 5.76 Å². The van der Waals surface area contributed by atoms with E-state index in [0.717, 1.165) is 35.6 Å². The van der Waals surface area contributed by atoms with Crippen LogP contribution in [0.25, 0.3) is 0 Å². The number of hydrogen-bond acceptors (Lipinski definition) is 3. The molecule has 29 heavy (non-hydrogen) atoms. The van der Waals surface area contributed by atoms with Crippen LogP contribution in [0.3, 0.4) is 0 Å². The molecule has 2 aromatic rings. The molecule has 4 heteroatoms. The third-order valence-electron chi connectivity index (χ3n) is 5.46. The summed E-state index contributed by atoms with van der Waals surface area (Å²) in [6.45, 7) is 1.48. The highest BCUT2D eigenvalue weighted by Crippen LogP contribution is 2.44. The maximum atomic E-state index is 13.4. The van der Waals surface area contributed by atoms with E-state index in [9.17, 15) is 4.39 Å². The van der Waals surface area contributed by atoms with Gasteiger partial charge in [-0.2, -0.15) is 0 Å². The Labute approximate surface area is 172 Å². The zero-order valence-electron chi connectivity index (χ0n) is 17.2. The predicted molar refractivity (Wildman–Crippen MR) is 115 cm³/mol. The van der Waals surface area contributed by atoms with E-state index in [-0.39, 0.29) is 11.7 Å². The number of ether oxygens (including phenoxy) is 1. The first-order valence-corrected chi connectivity index (χ1v) is 9.94. The molecule has 1 atom stereocenters. The minimum absolute atomic E-state index is 0.139. The molecule has 0 radical (unpaired) electrons. The van der Waals surface area contributed by atoms with E-state index in [1.165, 1.54) is 23.4 Å². The van der Waals surface area contributed by atoms with Crippen molar-refractivity contribution in [3.8, 4) is 0 Å². The highest BCUT2D eigenvalue weighted by atomic mass is 19.1. The van der Waals surface area contributed by atoms with Gasteiger partial charge in [-0.05, 0) is 49.8 Å². The van der Waals surface area contributed by atoms with E-state index in [0.29, 0.717) is 6.61 Å². The van der Waals surface area contributed by atoms with Gasteiger partial charge in [0, 0.05) is 13.6 Å². The van der Waals surface area contributed by atoms with E-state index in [1.54, 1.807) is 0 Å². The molecular formula is C25H26FN2O+. The first-order chi connectivity index (χ1) is 14.0. The Morgan fingerprint density at radius 1 is 1.07 bits per heavy atom. The normalized spacial score (nSPS) is 17.6. The fourth-order valence-electron chi connectivity index (χ4n) is 3.90. The van der Waals surface area contributed by atoms with Gasteiger partial charge >= 0.3 is 0 Å². The number of halogens is 1. The smallest absolute Gasteiger partial charge is 0.289 e. The van der Waals surface area contributed by atoms with Gasteiger partial charge in [0.2, 0.25) is 0 Å². The molecule has 3 nitrogen and oxygen atoms in total. The van der Waals surface area contributed by atoms with Gasteiger partial charge in [-0.3, -0.25) is 4.90 Å². The van der Waals surface area contributed by atoms with E-state index in [1.807, 2.05) is 32.3 Å². The van der Waals surface area contributed by atoms with Crippen LogP contribution in [0.2, 0.25) is 0 Å². The molecule has 0 saturated heterocycles. The molecule has 2 aliphatic rings. The van der Waals surface area contributed by atoms with Crippen molar-refractivity contribution in [2.75, 3.05) is 39.2 Å². The van der Waals surface area contributed by atoms with Gasteiger partial charge in [-0.25, -0.2) is 4.39 Å². The Balaban J connectivity index is 1.69. The molecule has 0 N–H and O–H groups in total. The van der Waals surface area contributed by atoms with Crippen molar-refractivity contribution in [1.82, 2.24) is 4.90 Å². The Bertz CT molecular complexity index is 973. The van der Waals surface area contributed by atoms with Crippen molar-refractivity contribution in [3.05, 3.63) is 101 Å². The third kappa shape index (κ3) is 4.09. The van der Waals surface area contributed by atoms with E-state index < -0.39 is 0 Å². The zero-order chi connectivity index (χ0) is 20.4. The molecule has 1 unspecified atom stereocenters. The lowest BCUT2D eigenvalue weighted by atomic mass is 9.79. The minimum atomic E-state index is -0.207. The van der Waals surface area contributed by atoms with Crippen LogP contribution in [0.15, 0.2) is 77.7 Å². The van der Waals surface area contributed by atoms with Gasteiger partial charge < -0.3 is 9.64 Å². The summed E-state index contributed by atoms with van der Waals surface area (Å²) >= 11 is 0. The lowest BCUT2D eigenvalue weighted by molar-refractivity contribution is 0.191. The summed E-state index contributed by atoms with van der Waals surface area (Å²) in [5.74, 6) is 0.698. The molecule has 0 saturated carbocycles. The second kappa shape index (κ2) is 8.20. The average Bonchev–Trinajstić information content (AvgIpc) is 2.72. The van der Waals surface area contributed by atoms with Crippen LogP contribution in [0.4, 0.5) is 10.1 Å². The lowest BCUT2D eigenvalue weighted by Crippen LogP contribution is -2.28. The molecule has 148 valence electrons. The van der Waals surface area contributed by atoms with Crippen LogP contribution in [-0.4, -0.2) is 39.2 Å². The Morgan fingerprint density at radius 2 is 1.83 bits per heavy atom. The number of likely N-dealkylation sites (N-methyl/N-ethyl adjacent to an activating group) is 2. The molecule has 1 aliphatic heterocycles. The van der Waals surface area contributed by atoms with Crippen molar-refractivity contribution in [2.24, 2.45) is 0 Å². The Kier molecular flexibility index (Phi) is 5.48. The van der Waals surface area contributed by atoms with Crippen LogP contribution >= 0.6 is 0 Å². The largest absolute Gasteiger partial charge is 0.464 e. The van der Waals surface area contributed by atoms with Crippen LogP contribution in [-0.2, 0) is 11.2 Å². The molecule has 0 aromatic heterocycles. The molecule has 0 spiro atoms. The minimum Gasteiger partial charge on any atom is -0.464 e. The summed E-state index contributed by atoms with van der Waals surface area (Å²) < 4.78 is 19.3. The number of benzene rings is 2. The van der Waals surface area contributed by atoms with Crippen LogP contribution in [0.5, 0.6) is 0 Å². The highest BCUT2D eigenvalue weighted by Gasteiger charge is 2.37. The molecule has 1 aliphatic carbocycles. The van der Waals surface area contributed by atoms with Crippen molar-refractivity contribution < 1.29 is 9.13 Å². The summed E-state index contributed by atoms with van der Waals surface area (Å²) in [5.41, 5.74) is 5.82. The van der Waals surface area contributed by atoms with Gasteiger partial charge in [-0.15, -0.1) is 0 Å². The SMILES string of the molecule is CN(C)CCOC1=[C+]C2=C(C=C1)N(C)c1ccccc1C2Cc1ccc(F)cc1. The summed E-state index contributed by atoms with van der Waals surface area (Å²) in [7, 11) is 6.15. The molecule has 4 rings (SSSR count). The topological polar surface area (TPSA) is 15.7 Å². The summed E-state index contributed by atoms with van der Waals surface area (Å²) in [5, 5.41) is 0. The Morgan fingerprint density at radius 3 is 2.59 bits per heavy atom. The van der Waals surface area contributed by atoms with E-state index in [2.05, 4.69) is 53.3 Å². The summed E-state index contributed by atoms with van der Waals surface area (Å²) in [4.78, 5) is 4.31. The Hall–Kier alpha value is -2.94. The van der Waals surface area contributed by atoms with Gasteiger partial charge in [-0.1, -0.05) is 30.3 Å². The van der Waals surface area contributed by atoms with E-state index in [4.69, 9.17) is 4.74 Å². The monoisotopic (exact) mass is 389 g/mol. The lowest BCUT2D eigenvalue weighted by Gasteiger charge is -2.31. The molecule has 1 heterocycles. The fraction of sp³-hybridized carbons (Fsp3) is 0.280. The number of anilines is 1. The standard InChI is InChI=1S/C25H26FN2O/c1-27(2)14-15-29-20-12-13-25-23(17-20)22(16-18-8-10-19(26)11-9-18)21-6-4-5-7-24(21)28(25)3/h4-13,22H,14-16H2,1-3H3/q+1. The maximum Gasteiger partial charge on any atom is 0.289 e. The fourth-order valence-corrected chi connectivity index (χ4v) is 3.90. The molecule has 2 aromatic carbocycles. The number of nitrogens with zero attached hydrogens (tertiary/aromatic N) is 2. The maximum absolute atomic E-state index is 13.4. The number of allylic oxidation sites excluding steroid dienone is 4. The molecule has 0 bridgehead atoms. The van der Waals surface area contributed by atoms with Crippen LogP contribution in [0.1, 0.15) is 17.0 Å². The third-order valence-corrected chi connectivity index (χ3v) is 5.46. The number of rotatable bonds is 6. The van der Waals surface area contributed by atoms with Crippen molar-refractivity contribution in [2.45, 2.75) is 12.3 Å². The molecule has 0 amide bonds. The van der Waals surface area contributed by atoms with Gasteiger partial charge in [0.05, 0.1) is 29.8 Å². The van der Waals surface area contributed by atoms with Gasteiger partial charge in [0.1, 0.15) is 12.4 Å². The number of para-hydroxylation sites is 1. The quantitative estimate of drug-likeness (QED) is 0.667. The van der Waals surface area contributed by atoms with Crippen LogP contribution < -0.4 is 4.90 Å². The van der Waals surface area contributed by atoms with Crippen molar-refractivity contribution in [3.63, 3.8) is 0 Å².